The van der Waals surface area contributed by atoms with E-state index in [1.165, 1.54) is 20.2 Å². The van der Waals surface area contributed by atoms with Crippen molar-refractivity contribution in [1.82, 2.24) is 14.1 Å². The Labute approximate surface area is 111 Å². The molecule has 0 spiro atoms. The van der Waals surface area contributed by atoms with Crippen molar-refractivity contribution in [3.63, 3.8) is 0 Å². The van der Waals surface area contributed by atoms with Gasteiger partial charge in [-0.1, -0.05) is 0 Å². The first-order valence-electron chi connectivity index (χ1n) is 5.63. The Balaban J connectivity index is 2.06. The van der Waals surface area contributed by atoms with Crippen LogP contribution in [-0.2, 0) is 23.6 Å². The molecule has 2 aromatic heterocycles. The SMILES string of the molecule is CN(C)S(=O)(=O)c1ccc(CNc2cnn(C)c2)o1. The molecule has 1 N–H and O–H groups in total. The molecule has 19 heavy (non-hydrogen) atoms. The van der Waals surface area contributed by atoms with E-state index in [2.05, 4.69) is 10.4 Å². The van der Waals surface area contributed by atoms with Gasteiger partial charge in [0, 0.05) is 27.3 Å². The van der Waals surface area contributed by atoms with Crippen LogP contribution in [0.25, 0.3) is 0 Å². The molecule has 0 atom stereocenters. The van der Waals surface area contributed by atoms with E-state index in [1.54, 1.807) is 16.9 Å². The Kier molecular flexibility index (Phi) is 3.63. The average Bonchev–Trinajstić information content (AvgIpc) is 2.95. The summed E-state index contributed by atoms with van der Waals surface area (Å²) in [5.41, 5.74) is 0.843. The first-order chi connectivity index (χ1) is 8.89. The molecule has 0 saturated heterocycles. The molecule has 0 aliphatic carbocycles. The van der Waals surface area contributed by atoms with E-state index < -0.39 is 10.0 Å². The van der Waals surface area contributed by atoms with E-state index in [0.717, 1.165) is 9.99 Å². The minimum Gasteiger partial charge on any atom is -0.446 e. The lowest BCUT2D eigenvalue weighted by atomic mass is 10.4. The van der Waals surface area contributed by atoms with E-state index in [0.29, 0.717) is 12.3 Å². The number of nitrogens with one attached hydrogen (secondary N) is 1. The molecule has 0 fully saturated rings. The molecule has 2 rings (SSSR count). The van der Waals surface area contributed by atoms with E-state index in [-0.39, 0.29) is 5.09 Å². The fourth-order valence-corrected chi connectivity index (χ4v) is 2.29. The van der Waals surface area contributed by atoms with Gasteiger partial charge in [0.25, 0.3) is 10.0 Å². The highest BCUT2D eigenvalue weighted by Gasteiger charge is 2.21. The maximum atomic E-state index is 11.8. The van der Waals surface area contributed by atoms with Gasteiger partial charge in [0.2, 0.25) is 5.09 Å². The van der Waals surface area contributed by atoms with Crippen LogP contribution in [0.3, 0.4) is 0 Å². The summed E-state index contributed by atoms with van der Waals surface area (Å²) in [6.45, 7) is 0.397. The third-order valence-corrected chi connectivity index (χ3v) is 4.23. The van der Waals surface area contributed by atoms with Gasteiger partial charge in [-0.15, -0.1) is 0 Å². The highest BCUT2D eigenvalue weighted by atomic mass is 32.2. The third kappa shape index (κ3) is 2.96. The van der Waals surface area contributed by atoms with Gasteiger partial charge < -0.3 is 9.73 Å². The molecule has 0 radical (unpaired) electrons. The lowest BCUT2D eigenvalue weighted by Gasteiger charge is -2.07. The Morgan fingerprint density at radius 3 is 2.74 bits per heavy atom. The molecular formula is C11H16N4O3S. The predicted octanol–water partition coefficient (Wildman–Crippen LogP) is 0.875. The van der Waals surface area contributed by atoms with Crippen molar-refractivity contribution in [1.29, 1.82) is 0 Å². The number of aromatic nitrogens is 2. The predicted molar refractivity (Wildman–Crippen MR) is 70.1 cm³/mol. The second kappa shape index (κ2) is 5.06. The van der Waals surface area contributed by atoms with E-state index in [9.17, 15) is 8.42 Å². The van der Waals surface area contributed by atoms with Gasteiger partial charge in [-0.2, -0.15) is 5.10 Å². The number of furan rings is 1. The minimum absolute atomic E-state index is 0.0551. The molecule has 0 unspecified atom stereocenters. The van der Waals surface area contributed by atoms with Crippen molar-refractivity contribution in [2.45, 2.75) is 11.6 Å². The standard InChI is InChI=1S/C11H16N4O3S/c1-14(2)19(16,17)11-5-4-10(18-11)7-12-9-6-13-15(3)8-9/h4-6,8,12H,7H2,1-3H3. The number of sulfonamides is 1. The largest absolute Gasteiger partial charge is 0.446 e. The van der Waals surface area contributed by atoms with Crippen molar-refractivity contribution in [2.24, 2.45) is 7.05 Å². The number of rotatable bonds is 5. The van der Waals surface area contributed by atoms with Crippen LogP contribution in [-0.4, -0.2) is 36.6 Å². The second-order valence-electron chi connectivity index (χ2n) is 4.26. The quantitative estimate of drug-likeness (QED) is 0.881. The summed E-state index contributed by atoms with van der Waals surface area (Å²) in [7, 11) is 1.23. The summed E-state index contributed by atoms with van der Waals surface area (Å²) >= 11 is 0. The van der Waals surface area contributed by atoms with E-state index in [4.69, 9.17) is 4.42 Å². The van der Waals surface area contributed by atoms with E-state index >= 15 is 0 Å². The van der Waals surface area contributed by atoms with Crippen LogP contribution in [0.15, 0.2) is 34.0 Å². The van der Waals surface area contributed by atoms with Gasteiger partial charge in [0.15, 0.2) is 0 Å². The molecule has 0 aliphatic rings. The van der Waals surface area contributed by atoms with Crippen LogP contribution in [0.1, 0.15) is 5.76 Å². The molecule has 2 aromatic rings. The Morgan fingerprint density at radius 2 is 2.16 bits per heavy atom. The van der Waals surface area contributed by atoms with Gasteiger partial charge in [-0.3, -0.25) is 4.68 Å². The monoisotopic (exact) mass is 284 g/mol. The first kappa shape index (κ1) is 13.6. The third-order valence-electron chi connectivity index (χ3n) is 2.54. The number of hydrogen-bond donors (Lipinski definition) is 1. The molecule has 0 bridgehead atoms. The summed E-state index contributed by atoms with van der Waals surface area (Å²) < 4.78 is 31.7. The zero-order valence-electron chi connectivity index (χ0n) is 11.0. The zero-order valence-corrected chi connectivity index (χ0v) is 11.8. The first-order valence-corrected chi connectivity index (χ1v) is 7.07. The fourth-order valence-electron chi connectivity index (χ4n) is 1.47. The average molecular weight is 284 g/mol. The Bertz CT molecular complexity index is 657. The van der Waals surface area contributed by atoms with Crippen LogP contribution < -0.4 is 5.32 Å². The molecule has 104 valence electrons. The minimum atomic E-state index is -3.51. The number of nitrogens with zero attached hydrogens (tertiary/aromatic N) is 3. The Hall–Kier alpha value is -1.80. The molecule has 0 saturated carbocycles. The molecule has 7 nitrogen and oxygen atoms in total. The van der Waals surface area contributed by atoms with Crippen LogP contribution in [0, 0.1) is 0 Å². The molecule has 0 aliphatic heterocycles. The van der Waals surface area contributed by atoms with Gasteiger partial charge in [-0.25, -0.2) is 12.7 Å². The van der Waals surface area contributed by atoms with Gasteiger partial charge in [-0.05, 0) is 12.1 Å². The lowest BCUT2D eigenvalue weighted by Crippen LogP contribution is -2.21. The highest BCUT2D eigenvalue weighted by molar-refractivity contribution is 7.88. The smallest absolute Gasteiger partial charge is 0.275 e. The summed E-state index contributed by atoms with van der Waals surface area (Å²) in [5, 5.41) is 7.05. The number of anilines is 1. The second-order valence-corrected chi connectivity index (χ2v) is 6.35. The van der Waals surface area contributed by atoms with Crippen molar-refractivity contribution in [2.75, 3.05) is 19.4 Å². The summed E-state index contributed by atoms with van der Waals surface area (Å²) in [6.07, 6.45) is 3.50. The summed E-state index contributed by atoms with van der Waals surface area (Å²) in [4.78, 5) is 0. The van der Waals surface area contributed by atoms with Crippen molar-refractivity contribution in [3.05, 3.63) is 30.3 Å². The fraction of sp³-hybridized carbons (Fsp3) is 0.364. The lowest BCUT2D eigenvalue weighted by molar-refractivity contribution is 0.402. The van der Waals surface area contributed by atoms with Gasteiger partial charge >= 0.3 is 0 Å². The van der Waals surface area contributed by atoms with Crippen LogP contribution >= 0.6 is 0 Å². The van der Waals surface area contributed by atoms with Crippen molar-refractivity contribution >= 4 is 15.7 Å². The van der Waals surface area contributed by atoms with Crippen LogP contribution in [0.4, 0.5) is 5.69 Å². The van der Waals surface area contributed by atoms with Crippen molar-refractivity contribution < 1.29 is 12.8 Å². The van der Waals surface area contributed by atoms with Crippen molar-refractivity contribution in [3.8, 4) is 0 Å². The number of aryl methyl sites for hydroxylation is 1. The Morgan fingerprint density at radius 1 is 1.42 bits per heavy atom. The topological polar surface area (TPSA) is 80.4 Å². The molecule has 8 heteroatoms. The maximum Gasteiger partial charge on any atom is 0.275 e. The van der Waals surface area contributed by atoms with Gasteiger partial charge in [0.1, 0.15) is 5.76 Å². The summed E-state index contributed by atoms with van der Waals surface area (Å²) in [6, 6.07) is 3.09. The van der Waals surface area contributed by atoms with Gasteiger partial charge in [0.05, 0.1) is 18.4 Å². The molecule has 0 amide bonds. The molecular weight excluding hydrogens is 268 g/mol. The maximum absolute atomic E-state index is 11.8. The van der Waals surface area contributed by atoms with Crippen LogP contribution in [0.2, 0.25) is 0 Å². The molecule has 2 heterocycles. The molecule has 0 aromatic carbocycles. The normalized spacial score (nSPS) is 12.0. The highest BCUT2D eigenvalue weighted by Crippen LogP contribution is 2.17. The van der Waals surface area contributed by atoms with Crippen LogP contribution in [0.5, 0.6) is 0 Å². The summed E-state index contributed by atoms with van der Waals surface area (Å²) in [5.74, 6) is 0.546. The zero-order chi connectivity index (χ0) is 14.0. The van der Waals surface area contributed by atoms with E-state index in [1.807, 2.05) is 13.2 Å². The number of hydrogen-bond acceptors (Lipinski definition) is 5.